The summed E-state index contributed by atoms with van der Waals surface area (Å²) in [5.74, 6) is 0.132. The monoisotopic (exact) mass is 400 g/mol. The normalized spacial score (nSPS) is 13.9. The molecule has 1 rings (SSSR count). The Labute approximate surface area is 130 Å². The Balaban J connectivity index is 0.00000324. The van der Waals surface area contributed by atoms with Crippen LogP contribution in [0.15, 0.2) is 12.4 Å². The number of nitro groups is 1. The highest BCUT2D eigenvalue weighted by Crippen LogP contribution is 2.10. The topological polar surface area (TPSA) is 93.2 Å². The molecule has 0 saturated carbocycles. The minimum atomic E-state index is -0.711. The van der Waals surface area contributed by atoms with Gasteiger partial charge in [-0.05, 0) is 10.8 Å². The molecule has 0 radical (unpaired) electrons. The summed E-state index contributed by atoms with van der Waals surface area (Å²) in [4.78, 5) is 13.8. The lowest BCUT2D eigenvalue weighted by atomic mass is 10.2. The Morgan fingerprint density at radius 1 is 1.63 bits per heavy atom. The molecule has 2 unspecified atom stereocenters. The van der Waals surface area contributed by atoms with Crippen molar-refractivity contribution in [2.45, 2.75) is 31.4 Å². The number of hydrogen-bond acceptors (Lipinski definition) is 5. The first-order chi connectivity index (χ1) is 8.41. The Bertz CT molecular complexity index is 400. The maximum atomic E-state index is 10.6. The molecule has 0 aliphatic heterocycles. The predicted molar refractivity (Wildman–Crippen MR) is 80.8 cm³/mol. The second-order valence-corrected chi connectivity index (χ2v) is 5.33. The van der Waals surface area contributed by atoms with E-state index in [1.807, 2.05) is 13.8 Å². The summed E-state index contributed by atoms with van der Waals surface area (Å²) in [6.07, 6.45) is 2.12. The summed E-state index contributed by atoms with van der Waals surface area (Å²) in [5, 5.41) is 23.5. The van der Waals surface area contributed by atoms with Crippen molar-refractivity contribution in [3.05, 3.63) is 22.5 Å². The van der Waals surface area contributed by atoms with E-state index in [0.717, 1.165) is 0 Å². The zero-order valence-electron chi connectivity index (χ0n) is 10.7. The standard InChI is InChI=1S/C10H17BrN4O3.BrH/c1-7(2)9(11)13-5-8(16)6-14-4-3-12-10(14)15(17)18;/h3-4,7-9,13,16H,5-6H2,1-2H3;1H. The first-order valence-electron chi connectivity index (χ1n) is 5.63. The number of hydrogen-bond donors (Lipinski definition) is 2. The maximum Gasteiger partial charge on any atom is 0.434 e. The molecule has 2 N–H and O–H groups in total. The van der Waals surface area contributed by atoms with Crippen molar-refractivity contribution in [1.82, 2.24) is 14.9 Å². The predicted octanol–water partition coefficient (Wildman–Crippen LogP) is 1.70. The number of alkyl halides is 1. The first-order valence-corrected chi connectivity index (χ1v) is 6.54. The van der Waals surface area contributed by atoms with Gasteiger partial charge in [0.25, 0.3) is 0 Å². The van der Waals surface area contributed by atoms with Crippen molar-refractivity contribution in [3.63, 3.8) is 0 Å². The third-order valence-corrected chi connectivity index (χ3v) is 3.78. The van der Waals surface area contributed by atoms with E-state index in [-0.39, 0.29) is 34.4 Å². The molecule has 1 aromatic heterocycles. The van der Waals surface area contributed by atoms with Crippen LogP contribution in [-0.4, -0.2) is 37.2 Å². The third-order valence-electron chi connectivity index (χ3n) is 2.40. The van der Waals surface area contributed by atoms with Crippen LogP contribution in [0.25, 0.3) is 0 Å². The second kappa shape index (κ2) is 8.62. The number of aliphatic hydroxyl groups is 1. The highest BCUT2D eigenvalue weighted by molar-refractivity contribution is 9.09. The van der Waals surface area contributed by atoms with Crippen molar-refractivity contribution in [1.29, 1.82) is 0 Å². The van der Waals surface area contributed by atoms with Crippen LogP contribution in [0.3, 0.4) is 0 Å². The molecule has 9 heteroatoms. The molecule has 1 heterocycles. The van der Waals surface area contributed by atoms with Crippen LogP contribution in [0, 0.1) is 16.0 Å². The molecule has 0 aliphatic carbocycles. The molecule has 0 saturated heterocycles. The summed E-state index contributed by atoms with van der Waals surface area (Å²) in [7, 11) is 0. The van der Waals surface area contributed by atoms with Crippen LogP contribution in [0.4, 0.5) is 5.95 Å². The fraction of sp³-hybridized carbons (Fsp3) is 0.700. The summed E-state index contributed by atoms with van der Waals surface area (Å²) in [6.45, 7) is 4.57. The molecule has 0 aliphatic rings. The summed E-state index contributed by atoms with van der Waals surface area (Å²) >= 11 is 3.44. The summed E-state index contributed by atoms with van der Waals surface area (Å²) < 4.78 is 1.32. The Hall–Kier alpha value is -0.510. The highest BCUT2D eigenvalue weighted by Gasteiger charge is 2.18. The Morgan fingerprint density at radius 3 is 2.79 bits per heavy atom. The lowest BCUT2D eigenvalue weighted by molar-refractivity contribution is -0.397. The van der Waals surface area contributed by atoms with Crippen molar-refractivity contribution in [2.24, 2.45) is 5.92 Å². The van der Waals surface area contributed by atoms with E-state index in [0.29, 0.717) is 12.5 Å². The number of halogens is 2. The smallest absolute Gasteiger partial charge is 0.390 e. The average molecular weight is 402 g/mol. The molecule has 2 atom stereocenters. The zero-order valence-corrected chi connectivity index (χ0v) is 14.0. The maximum absolute atomic E-state index is 10.6. The van der Waals surface area contributed by atoms with E-state index in [9.17, 15) is 15.2 Å². The molecule has 110 valence electrons. The molecule has 19 heavy (non-hydrogen) atoms. The second-order valence-electron chi connectivity index (χ2n) is 4.34. The first kappa shape index (κ1) is 18.5. The van der Waals surface area contributed by atoms with Crippen LogP contribution >= 0.6 is 32.9 Å². The molecule has 0 spiro atoms. The number of aromatic nitrogens is 2. The van der Waals surface area contributed by atoms with Crippen molar-refractivity contribution < 1.29 is 10.0 Å². The largest absolute Gasteiger partial charge is 0.434 e. The Morgan fingerprint density at radius 2 is 2.26 bits per heavy atom. The van der Waals surface area contributed by atoms with Gasteiger partial charge in [-0.3, -0.25) is 0 Å². The van der Waals surface area contributed by atoms with E-state index in [1.165, 1.54) is 17.0 Å². The van der Waals surface area contributed by atoms with Crippen molar-refractivity contribution in [3.8, 4) is 0 Å². The number of nitrogens with one attached hydrogen (secondary N) is 1. The van der Waals surface area contributed by atoms with Gasteiger partial charge in [0.15, 0.2) is 0 Å². The van der Waals surface area contributed by atoms with Gasteiger partial charge in [-0.2, -0.15) is 0 Å². The van der Waals surface area contributed by atoms with E-state index in [1.54, 1.807) is 0 Å². The molecular formula is C10H18Br2N4O3. The van der Waals surface area contributed by atoms with Gasteiger partial charge >= 0.3 is 5.95 Å². The SMILES string of the molecule is Br.CC(C)C(Br)NCC(O)Cn1ccnc1[N+](=O)[O-]. The van der Waals surface area contributed by atoms with E-state index in [4.69, 9.17) is 0 Å². The van der Waals surface area contributed by atoms with Gasteiger partial charge in [0.1, 0.15) is 12.4 Å². The van der Waals surface area contributed by atoms with Gasteiger partial charge in [0.05, 0.1) is 17.6 Å². The molecule has 1 aromatic rings. The lowest BCUT2D eigenvalue weighted by Gasteiger charge is -2.18. The lowest BCUT2D eigenvalue weighted by Crippen LogP contribution is -2.36. The van der Waals surface area contributed by atoms with E-state index < -0.39 is 11.0 Å². The third kappa shape index (κ3) is 5.98. The van der Waals surface area contributed by atoms with Gasteiger partial charge in [0, 0.05) is 6.54 Å². The van der Waals surface area contributed by atoms with Gasteiger partial charge in [-0.25, -0.2) is 4.57 Å². The zero-order chi connectivity index (χ0) is 13.7. The highest BCUT2D eigenvalue weighted by atomic mass is 79.9. The Kier molecular flexibility index (Phi) is 8.39. The minimum absolute atomic E-state index is 0. The number of nitrogens with zero attached hydrogens (tertiary/aromatic N) is 3. The van der Waals surface area contributed by atoms with Crippen LogP contribution in [-0.2, 0) is 6.54 Å². The molecular weight excluding hydrogens is 384 g/mol. The van der Waals surface area contributed by atoms with Gasteiger partial charge in [-0.15, -0.1) is 17.0 Å². The van der Waals surface area contributed by atoms with Crippen LogP contribution < -0.4 is 5.32 Å². The van der Waals surface area contributed by atoms with Gasteiger partial charge < -0.3 is 20.5 Å². The fourth-order valence-electron chi connectivity index (χ4n) is 1.39. The quantitative estimate of drug-likeness (QED) is 0.314. The number of imidazole rings is 1. The van der Waals surface area contributed by atoms with Gasteiger partial charge in [0.2, 0.25) is 0 Å². The molecule has 7 nitrogen and oxygen atoms in total. The molecule has 0 aromatic carbocycles. The summed E-state index contributed by atoms with van der Waals surface area (Å²) in [6, 6.07) is 0. The van der Waals surface area contributed by atoms with Crippen molar-refractivity contribution in [2.75, 3.05) is 6.54 Å². The van der Waals surface area contributed by atoms with E-state index >= 15 is 0 Å². The number of rotatable bonds is 7. The van der Waals surface area contributed by atoms with Crippen LogP contribution in [0.5, 0.6) is 0 Å². The average Bonchev–Trinajstić information content (AvgIpc) is 2.73. The number of aliphatic hydroxyl groups excluding tert-OH is 1. The van der Waals surface area contributed by atoms with Crippen molar-refractivity contribution >= 4 is 38.9 Å². The van der Waals surface area contributed by atoms with E-state index in [2.05, 4.69) is 26.2 Å². The van der Waals surface area contributed by atoms with Gasteiger partial charge in [-0.1, -0.05) is 34.8 Å². The molecule has 0 bridgehead atoms. The molecule has 0 amide bonds. The summed E-state index contributed by atoms with van der Waals surface area (Å²) in [5.41, 5.74) is 0. The fourth-order valence-corrected chi connectivity index (χ4v) is 1.58. The molecule has 0 fully saturated rings. The van der Waals surface area contributed by atoms with Crippen LogP contribution in [0.2, 0.25) is 0 Å². The minimum Gasteiger partial charge on any atom is -0.390 e. The van der Waals surface area contributed by atoms with Crippen LogP contribution in [0.1, 0.15) is 13.8 Å².